The fourth-order valence-electron chi connectivity index (χ4n) is 3.35. The summed E-state index contributed by atoms with van der Waals surface area (Å²) < 4.78 is 2.16. The smallest absolute Gasteiger partial charge is 0.261 e. The van der Waals surface area contributed by atoms with Gasteiger partial charge in [-0.15, -0.1) is 11.3 Å². The first-order chi connectivity index (χ1) is 12.6. The maximum atomic E-state index is 12.4. The Morgan fingerprint density at radius 2 is 2.15 bits per heavy atom. The molecular formula is C20H20N4OS. The van der Waals surface area contributed by atoms with E-state index in [-0.39, 0.29) is 5.91 Å². The summed E-state index contributed by atoms with van der Waals surface area (Å²) in [6.45, 7) is 2.74. The number of hydrogen-bond acceptors (Lipinski definition) is 3. The van der Waals surface area contributed by atoms with Crippen molar-refractivity contribution in [2.45, 2.75) is 13.3 Å². The van der Waals surface area contributed by atoms with Crippen LogP contribution >= 0.6 is 11.3 Å². The van der Waals surface area contributed by atoms with Crippen molar-refractivity contribution in [2.75, 3.05) is 6.54 Å². The van der Waals surface area contributed by atoms with Gasteiger partial charge in [-0.3, -0.25) is 9.89 Å². The van der Waals surface area contributed by atoms with Crippen LogP contribution in [0.3, 0.4) is 0 Å². The van der Waals surface area contributed by atoms with Crippen molar-refractivity contribution >= 4 is 28.1 Å². The van der Waals surface area contributed by atoms with Gasteiger partial charge in [0, 0.05) is 31.4 Å². The van der Waals surface area contributed by atoms with Gasteiger partial charge >= 0.3 is 0 Å². The molecule has 2 N–H and O–H groups in total. The fourth-order valence-corrected chi connectivity index (χ4v) is 4.25. The maximum Gasteiger partial charge on any atom is 0.261 e. The third-order valence-corrected chi connectivity index (χ3v) is 5.68. The zero-order valence-corrected chi connectivity index (χ0v) is 15.6. The van der Waals surface area contributed by atoms with E-state index in [1.54, 1.807) is 6.20 Å². The molecule has 0 aliphatic heterocycles. The molecule has 0 radical (unpaired) electrons. The number of amides is 1. The third-order valence-electron chi connectivity index (χ3n) is 4.56. The van der Waals surface area contributed by atoms with Gasteiger partial charge in [-0.1, -0.05) is 18.2 Å². The number of para-hydroxylation sites is 1. The molecule has 0 atom stereocenters. The molecule has 132 valence electrons. The second-order valence-corrected chi connectivity index (χ2v) is 7.46. The van der Waals surface area contributed by atoms with Crippen LogP contribution in [0.4, 0.5) is 0 Å². The van der Waals surface area contributed by atoms with Crippen molar-refractivity contribution in [2.24, 2.45) is 7.05 Å². The van der Waals surface area contributed by atoms with Gasteiger partial charge in [0.25, 0.3) is 5.91 Å². The lowest BCUT2D eigenvalue weighted by Crippen LogP contribution is -2.24. The van der Waals surface area contributed by atoms with E-state index in [0.29, 0.717) is 11.4 Å². The van der Waals surface area contributed by atoms with Crippen molar-refractivity contribution in [3.05, 3.63) is 64.8 Å². The second kappa shape index (κ2) is 6.80. The second-order valence-electron chi connectivity index (χ2n) is 6.38. The first kappa shape index (κ1) is 16.6. The van der Waals surface area contributed by atoms with E-state index in [1.807, 2.05) is 18.2 Å². The molecule has 3 aromatic heterocycles. The summed E-state index contributed by atoms with van der Waals surface area (Å²) >= 11 is 1.47. The van der Waals surface area contributed by atoms with E-state index in [9.17, 15) is 4.79 Å². The molecule has 1 amide bonds. The van der Waals surface area contributed by atoms with Crippen LogP contribution in [-0.2, 0) is 13.5 Å². The number of hydrogen-bond donors (Lipinski definition) is 2. The van der Waals surface area contributed by atoms with E-state index in [4.69, 9.17) is 0 Å². The fraction of sp³-hybridized carbons (Fsp3) is 0.200. The van der Waals surface area contributed by atoms with Crippen LogP contribution in [0.5, 0.6) is 0 Å². The van der Waals surface area contributed by atoms with Crippen LogP contribution in [0.1, 0.15) is 20.8 Å². The predicted octanol–water partition coefficient (Wildman–Crippen LogP) is 3.91. The number of nitrogens with one attached hydrogen (secondary N) is 2. The number of carbonyl (C=O) groups is 1. The standard InChI is InChI=1S/C20H20N4OS/c1-13-4-3-5-15-14(12-24(2)19(13)15)8-10-21-20(25)18-7-6-17(26-18)16-9-11-22-23-16/h3-7,9,11-12H,8,10H2,1-2H3,(H,21,25)(H,22,23). The average Bonchev–Trinajstić information content (AvgIpc) is 3.35. The van der Waals surface area contributed by atoms with Gasteiger partial charge in [0.15, 0.2) is 0 Å². The minimum atomic E-state index is -0.0304. The number of thiophene rings is 1. The highest BCUT2D eigenvalue weighted by atomic mass is 32.1. The molecule has 6 heteroatoms. The number of H-pyrrole nitrogens is 1. The molecule has 0 saturated heterocycles. The Balaban J connectivity index is 1.42. The van der Waals surface area contributed by atoms with Crippen LogP contribution in [-0.4, -0.2) is 27.2 Å². The SMILES string of the molecule is Cc1cccc2c(CCNC(=O)c3ccc(-c4ccn[nH]4)s3)cn(C)c12. The Kier molecular flexibility index (Phi) is 4.34. The highest BCUT2D eigenvalue weighted by Gasteiger charge is 2.12. The van der Waals surface area contributed by atoms with Gasteiger partial charge < -0.3 is 9.88 Å². The summed E-state index contributed by atoms with van der Waals surface area (Å²) in [5.74, 6) is -0.0304. The number of aromatic nitrogens is 3. The normalized spacial score (nSPS) is 11.2. The van der Waals surface area contributed by atoms with Crippen molar-refractivity contribution in [1.29, 1.82) is 0 Å². The maximum absolute atomic E-state index is 12.4. The molecule has 0 bridgehead atoms. The van der Waals surface area contributed by atoms with Crippen molar-refractivity contribution < 1.29 is 4.79 Å². The summed E-state index contributed by atoms with van der Waals surface area (Å²) in [6, 6.07) is 12.1. The molecule has 5 nitrogen and oxygen atoms in total. The van der Waals surface area contributed by atoms with Crippen molar-refractivity contribution in [3.8, 4) is 10.6 Å². The number of nitrogens with zero attached hydrogens (tertiary/aromatic N) is 2. The summed E-state index contributed by atoms with van der Waals surface area (Å²) in [5, 5.41) is 11.2. The number of rotatable bonds is 5. The first-order valence-electron chi connectivity index (χ1n) is 8.55. The monoisotopic (exact) mass is 364 g/mol. The largest absolute Gasteiger partial charge is 0.351 e. The Bertz CT molecular complexity index is 1060. The Hall–Kier alpha value is -2.86. The Morgan fingerprint density at radius 1 is 1.27 bits per heavy atom. The van der Waals surface area contributed by atoms with Crippen LogP contribution < -0.4 is 5.32 Å². The van der Waals surface area contributed by atoms with Gasteiger partial charge in [0.2, 0.25) is 0 Å². The van der Waals surface area contributed by atoms with Crippen molar-refractivity contribution in [3.63, 3.8) is 0 Å². The molecule has 1 aromatic carbocycles. The summed E-state index contributed by atoms with van der Waals surface area (Å²) in [7, 11) is 2.07. The number of benzene rings is 1. The molecule has 4 rings (SSSR count). The van der Waals surface area contributed by atoms with Gasteiger partial charge in [0.05, 0.1) is 21.0 Å². The minimum Gasteiger partial charge on any atom is -0.351 e. The summed E-state index contributed by atoms with van der Waals surface area (Å²) in [4.78, 5) is 14.1. The minimum absolute atomic E-state index is 0.0304. The van der Waals surface area contributed by atoms with Crippen molar-refractivity contribution in [1.82, 2.24) is 20.1 Å². The topological polar surface area (TPSA) is 62.7 Å². The number of carbonyl (C=O) groups excluding carboxylic acids is 1. The molecule has 0 unspecified atom stereocenters. The lowest BCUT2D eigenvalue weighted by Gasteiger charge is -2.03. The molecule has 0 saturated carbocycles. The lowest BCUT2D eigenvalue weighted by atomic mass is 10.1. The molecule has 0 fully saturated rings. The summed E-state index contributed by atoms with van der Waals surface area (Å²) in [6.07, 6.45) is 4.68. The number of fused-ring (bicyclic) bond motifs is 1. The highest BCUT2D eigenvalue weighted by Crippen LogP contribution is 2.26. The predicted molar refractivity (Wildman–Crippen MR) is 106 cm³/mol. The molecule has 26 heavy (non-hydrogen) atoms. The molecule has 0 aliphatic carbocycles. The number of aromatic amines is 1. The first-order valence-corrected chi connectivity index (χ1v) is 9.36. The zero-order valence-electron chi connectivity index (χ0n) is 14.7. The molecule has 4 aromatic rings. The average molecular weight is 364 g/mol. The number of aryl methyl sites for hydroxylation is 2. The Labute approximate surface area is 155 Å². The van der Waals surface area contributed by atoms with Crippen LogP contribution in [0.15, 0.2) is 48.8 Å². The molecular weight excluding hydrogens is 344 g/mol. The third kappa shape index (κ3) is 3.04. The van der Waals surface area contributed by atoms with Crippen LogP contribution in [0.25, 0.3) is 21.5 Å². The quantitative estimate of drug-likeness (QED) is 0.564. The molecule has 0 aliphatic rings. The van der Waals surface area contributed by atoms with Gasteiger partial charge in [-0.25, -0.2) is 0 Å². The highest BCUT2D eigenvalue weighted by molar-refractivity contribution is 7.17. The van der Waals surface area contributed by atoms with E-state index >= 15 is 0 Å². The van der Waals surface area contributed by atoms with E-state index < -0.39 is 0 Å². The molecule has 3 heterocycles. The van der Waals surface area contributed by atoms with Gasteiger partial charge in [0.1, 0.15) is 0 Å². The summed E-state index contributed by atoms with van der Waals surface area (Å²) in [5.41, 5.74) is 4.72. The zero-order chi connectivity index (χ0) is 18.1. The van der Waals surface area contributed by atoms with Crippen LogP contribution in [0.2, 0.25) is 0 Å². The van der Waals surface area contributed by atoms with Gasteiger partial charge in [-0.2, -0.15) is 5.10 Å². The van der Waals surface area contributed by atoms with E-state index in [0.717, 1.165) is 17.0 Å². The van der Waals surface area contributed by atoms with E-state index in [1.165, 1.54) is 33.4 Å². The Morgan fingerprint density at radius 3 is 2.96 bits per heavy atom. The van der Waals surface area contributed by atoms with Crippen LogP contribution in [0, 0.1) is 6.92 Å². The van der Waals surface area contributed by atoms with E-state index in [2.05, 4.69) is 58.4 Å². The lowest BCUT2D eigenvalue weighted by molar-refractivity contribution is 0.0958. The molecule has 0 spiro atoms. The van der Waals surface area contributed by atoms with Gasteiger partial charge in [-0.05, 0) is 42.7 Å².